The van der Waals surface area contributed by atoms with Gasteiger partial charge in [-0.1, -0.05) is 6.07 Å². The van der Waals surface area contributed by atoms with Crippen molar-refractivity contribution >= 4 is 5.91 Å². The summed E-state index contributed by atoms with van der Waals surface area (Å²) >= 11 is 0. The highest BCUT2D eigenvalue weighted by molar-refractivity contribution is 5.78. The minimum atomic E-state index is -0.391. The average Bonchev–Trinajstić information content (AvgIpc) is 2.65. The van der Waals surface area contributed by atoms with Crippen LogP contribution in [-0.4, -0.2) is 53.2 Å². The molecule has 0 saturated carbocycles. The molecule has 1 saturated heterocycles. The van der Waals surface area contributed by atoms with Crippen molar-refractivity contribution in [2.75, 3.05) is 26.4 Å². The molecule has 0 radical (unpaired) electrons. The second-order valence-electron chi connectivity index (χ2n) is 5.80. The lowest BCUT2D eigenvalue weighted by Crippen LogP contribution is -2.50. The number of aromatic nitrogens is 2. The van der Waals surface area contributed by atoms with Gasteiger partial charge in [-0.05, 0) is 25.0 Å². The van der Waals surface area contributed by atoms with Crippen molar-refractivity contribution in [1.29, 1.82) is 0 Å². The summed E-state index contributed by atoms with van der Waals surface area (Å²) in [4.78, 5) is 22.6. The molecule has 132 valence electrons. The minimum absolute atomic E-state index is 0.0284. The van der Waals surface area contributed by atoms with Crippen molar-refractivity contribution in [3.63, 3.8) is 0 Å². The summed E-state index contributed by atoms with van der Waals surface area (Å²) in [6.45, 7) is 1.40. The molecule has 1 aliphatic heterocycles. The summed E-state index contributed by atoms with van der Waals surface area (Å²) in [5, 5.41) is 0. The second kappa shape index (κ2) is 8.53. The first kappa shape index (κ1) is 17.3. The molecule has 1 aromatic carbocycles. The fraction of sp³-hybridized carbons (Fsp3) is 0.389. The van der Waals surface area contributed by atoms with Gasteiger partial charge in [0.2, 0.25) is 0 Å². The molecule has 1 amide bonds. The van der Waals surface area contributed by atoms with Crippen LogP contribution in [0.15, 0.2) is 42.9 Å². The Balaban J connectivity index is 1.55. The Morgan fingerprint density at radius 3 is 3.12 bits per heavy atom. The Labute approximate surface area is 145 Å². The number of carbonyl (C=O) groups is 1. The van der Waals surface area contributed by atoms with Gasteiger partial charge in [-0.15, -0.1) is 0 Å². The number of aryl methyl sites for hydroxylation is 1. The maximum absolute atomic E-state index is 13.2. The van der Waals surface area contributed by atoms with Gasteiger partial charge in [0.15, 0.2) is 6.61 Å². The highest BCUT2D eigenvalue weighted by Crippen LogP contribution is 2.15. The molecule has 1 atom stereocenters. The molecular weight excluding hydrogens is 325 g/mol. The van der Waals surface area contributed by atoms with E-state index >= 15 is 0 Å². The summed E-state index contributed by atoms with van der Waals surface area (Å²) in [6, 6.07) is 5.74. The molecule has 3 rings (SSSR count). The van der Waals surface area contributed by atoms with Crippen LogP contribution in [0.5, 0.6) is 5.75 Å². The SMILES string of the molecule is O=C(COc1cccc(F)c1)N1CCOC[C@@H]1CCc1cnccn1. The van der Waals surface area contributed by atoms with Crippen LogP contribution in [0.2, 0.25) is 0 Å². The lowest BCUT2D eigenvalue weighted by atomic mass is 10.1. The molecular formula is C18H20FN3O3. The number of benzene rings is 1. The van der Waals surface area contributed by atoms with Crippen LogP contribution in [0.1, 0.15) is 12.1 Å². The van der Waals surface area contributed by atoms with Gasteiger partial charge < -0.3 is 14.4 Å². The second-order valence-corrected chi connectivity index (χ2v) is 5.80. The Bertz CT molecular complexity index is 699. The number of rotatable bonds is 6. The number of halogens is 1. The Morgan fingerprint density at radius 2 is 2.32 bits per heavy atom. The smallest absolute Gasteiger partial charge is 0.260 e. The maximum Gasteiger partial charge on any atom is 0.260 e. The largest absolute Gasteiger partial charge is 0.484 e. The van der Waals surface area contributed by atoms with Crippen molar-refractivity contribution in [2.24, 2.45) is 0 Å². The van der Waals surface area contributed by atoms with Crippen LogP contribution >= 0.6 is 0 Å². The Morgan fingerprint density at radius 1 is 1.40 bits per heavy atom. The van der Waals surface area contributed by atoms with E-state index in [2.05, 4.69) is 9.97 Å². The van der Waals surface area contributed by atoms with E-state index in [4.69, 9.17) is 9.47 Å². The van der Waals surface area contributed by atoms with Gasteiger partial charge in [-0.2, -0.15) is 0 Å². The molecule has 1 aromatic heterocycles. The zero-order chi connectivity index (χ0) is 17.5. The number of hydrogen-bond donors (Lipinski definition) is 0. The molecule has 0 aliphatic carbocycles. The van der Waals surface area contributed by atoms with Gasteiger partial charge in [-0.3, -0.25) is 14.8 Å². The van der Waals surface area contributed by atoms with Gasteiger partial charge in [0.05, 0.1) is 24.9 Å². The van der Waals surface area contributed by atoms with E-state index in [9.17, 15) is 9.18 Å². The lowest BCUT2D eigenvalue weighted by molar-refractivity contribution is -0.142. The van der Waals surface area contributed by atoms with Gasteiger partial charge >= 0.3 is 0 Å². The van der Waals surface area contributed by atoms with Crippen LogP contribution in [0.4, 0.5) is 4.39 Å². The van der Waals surface area contributed by atoms with Crippen molar-refractivity contribution in [3.05, 3.63) is 54.4 Å². The fourth-order valence-electron chi connectivity index (χ4n) is 2.78. The minimum Gasteiger partial charge on any atom is -0.484 e. The van der Waals surface area contributed by atoms with E-state index in [0.29, 0.717) is 25.5 Å². The number of nitrogens with zero attached hydrogens (tertiary/aromatic N) is 3. The third kappa shape index (κ3) is 4.96. The van der Waals surface area contributed by atoms with Crippen molar-refractivity contribution in [2.45, 2.75) is 18.9 Å². The molecule has 0 unspecified atom stereocenters. The molecule has 0 bridgehead atoms. The number of ether oxygens (including phenoxy) is 2. The van der Waals surface area contributed by atoms with Crippen molar-refractivity contribution < 1.29 is 18.7 Å². The number of amides is 1. The van der Waals surface area contributed by atoms with Crippen LogP contribution in [0, 0.1) is 5.82 Å². The van der Waals surface area contributed by atoms with E-state index in [0.717, 1.165) is 18.5 Å². The third-order valence-corrected chi connectivity index (χ3v) is 4.06. The van der Waals surface area contributed by atoms with E-state index in [-0.39, 0.29) is 18.6 Å². The quantitative estimate of drug-likeness (QED) is 0.799. The summed E-state index contributed by atoms with van der Waals surface area (Å²) < 4.78 is 24.1. The number of hydrogen-bond acceptors (Lipinski definition) is 5. The zero-order valence-corrected chi connectivity index (χ0v) is 13.8. The summed E-state index contributed by atoms with van der Waals surface area (Å²) in [6.07, 6.45) is 6.47. The zero-order valence-electron chi connectivity index (χ0n) is 13.8. The van der Waals surface area contributed by atoms with Gasteiger partial charge in [0, 0.05) is 31.2 Å². The molecule has 1 aliphatic rings. The molecule has 6 nitrogen and oxygen atoms in total. The number of carbonyl (C=O) groups excluding carboxylic acids is 1. The van der Waals surface area contributed by atoms with E-state index in [1.807, 2.05) is 0 Å². The van der Waals surface area contributed by atoms with E-state index in [1.54, 1.807) is 35.6 Å². The average molecular weight is 345 g/mol. The predicted octanol–water partition coefficient (Wildman–Crippen LogP) is 1.85. The highest BCUT2D eigenvalue weighted by atomic mass is 19.1. The fourth-order valence-corrected chi connectivity index (χ4v) is 2.78. The van der Waals surface area contributed by atoms with Crippen molar-refractivity contribution in [1.82, 2.24) is 14.9 Å². The number of morpholine rings is 1. The molecule has 2 aromatic rings. The van der Waals surface area contributed by atoms with Gasteiger partial charge in [-0.25, -0.2) is 4.39 Å². The van der Waals surface area contributed by atoms with Crippen LogP contribution < -0.4 is 4.74 Å². The lowest BCUT2D eigenvalue weighted by Gasteiger charge is -2.35. The normalized spacial score (nSPS) is 17.3. The van der Waals surface area contributed by atoms with Gasteiger partial charge in [0.1, 0.15) is 11.6 Å². The Kier molecular flexibility index (Phi) is 5.90. The summed E-state index contributed by atoms with van der Waals surface area (Å²) in [5.74, 6) is -0.174. The monoisotopic (exact) mass is 345 g/mol. The van der Waals surface area contributed by atoms with E-state index in [1.165, 1.54) is 12.1 Å². The molecule has 2 heterocycles. The predicted molar refractivity (Wildman–Crippen MR) is 88.6 cm³/mol. The van der Waals surface area contributed by atoms with Crippen LogP contribution in [-0.2, 0) is 16.0 Å². The first-order chi connectivity index (χ1) is 12.2. The van der Waals surface area contributed by atoms with Crippen LogP contribution in [0.25, 0.3) is 0 Å². The first-order valence-corrected chi connectivity index (χ1v) is 8.23. The molecule has 7 heteroatoms. The Hall–Kier alpha value is -2.54. The van der Waals surface area contributed by atoms with Gasteiger partial charge in [0.25, 0.3) is 5.91 Å². The summed E-state index contributed by atoms with van der Waals surface area (Å²) in [5.41, 5.74) is 0.886. The van der Waals surface area contributed by atoms with E-state index < -0.39 is 5.82 Å². The van der Waals surface area contributed by atoms with Crippen LogP contribution in [0.3, 0.4) is 0 Å². The first-order valence-electron chi connectivity index (χ1n) is 8.23. The molecule has 25 heavy (non-hydrogen) atoms. The topological polar surface area (TPSA) is 64.5 Å². The highest BCUT2D eigenvalue weighted by Gasteiger charge is 2.27. The van der Waals surface area contributed by atoms with Crippen molar-refractivity contribution in [3.8, 4) is 5.75 Å². The summed E-state index contributed by atoms with van der Waals surface area (Å²) in [7, 11) is 0. The molecule has 0 spiro atoms. The molecule has 1 fully saturated rings. The molecule has 0 N–H and O–H groups in total. The maximum atomic E-state index is 13.2. The third-order valence-electron chi connectivity index (χ3n) is 4.06. The standard InChI is InChI=1S/C18H20FN3O3/c19-14-2-1-3-17(10-14)25-13-18(23)22-8-9-24-12-16(22)5-4-15-11-20-6-7-21-15/h1-3,6-7,10-11,16H,4-5,8-9,12-13H2/t16-/m0/s1.